The molecule has 2 heterocycles. The predicted octanol–water partition coefficient (Wildman–Crippen LogP) is 2.84. The summed E-state index contributed by atoms with van der Waals surface area (Å²) in [5, 5.41) is 13.6. The third-order valence-electron chi connectivity index (χ3n) is 4.80. The minimum Gasteiger partial charge on any atom is -0.386 e. The minimum absolute atomic E-state index is 0.558. The first kappa shape index (κ1) is 15.4. The molecule has 2 aromatic rings. The number of nitrogens with one attached hydrogen (secondary N) is 1. The molecule has 4 rings (SSSR count). The van der Waals surface area contributed by atoms with E-state index in [0.717, 1.165) is 36.8 Å². The highest BCUT2D eigenvalue weighted by molar-refractivity contribution is 5.47. The molecule has 0 radical (unpaired) electrons. The SMILES string of the molecule is CC(C)(O)c1ccc2c(c1)CCN(c1ccnc(NC3CC3)n1)C2. The molecule has 1 aliphatic carbocycles. The molecular weight excluding hydrogens is 300 g/mol. The van der Waals surface area contributed by atoms with Crippen LogP contribution in [0, 0.1) is 0 Å². The van der Waals surface area contributed by atoms with Gasteiger partial charge in [-0.05, 0) is 55.9 Å². The van der Waals surface area contributed by atoms with Crippen molar-refractivity contribution >= 4 is 11.8 Å². The molecule has 5 heteroatoms. The van der Waals surface area contributed by atoms with E-state index >= 15 is 0 Å². The fourth-order valence-corrected chi connectivity index (χ4v) is 3.13. The molecule has 0 amide bonds. The van der Waals surface area contributed by atoms with Gasteiger partial charge in [0.25, 0.3) is 0 Å². The normalized spacial score (nSPS) is 17.5. The Morgan fingerprint density at radius 3 is 2.79 bits per heavy atom. The van der Waals surface area contributed by atoms with Gasteiger partial charge in [-0.3, -0.25) is 0 Å². The average Bonchev–Trinajstić information content (AvgIpc) is 3.37. The van der Waals surface area contributed by atoms with Gasteiger partial charge < -0.3 is 15.3 Å². The van der Waals surface area contributed by atoms with Crippen LogP contribution in [0.5, 0.6) is 0 Å². The van der Waals surface area contributed by atoms with Crippen LogP contribution in [0.15, 0.2) is 30.5 Å². The van der Waals surface area contributed by atoms with Gasteiger partial charge in [0.05, 0.1) is 5.60 Å². The summed E-state index contributed by atoms with van der Waals surface area (Å²) in [6, 6.07) is 8.85. The van der Waals surface area contributed by atoms with Crippen LogP contribution < -0.4 is 10.2 Å². The second-order valence-electron chi connectivity index (χ2n) is 7.37. The van der Waals surface area contributed by atoms with E-state index in [1.165, 1.54) is 24.0 Å². The molecule has 126 valence electrons. The van der Waals surface area contributed by atoms with Crippen LogP contribution in [-0.4, -0.2) is 27.7 Å². The number of rotatable bonds is 4. The maximum atomic E-state index is 10.2. The fraction of sp³-hybridized carbons (Fsp3) is 0.474. The van der Waals surface area contributed by atoms with Crippen molar-refractivity contribution in [1.82, 2.24) is 9.97 Å². The largest absolute Gasteiger partial charge is 0.386 e. The summed E-state index contributed by atoms with van der Waals surface area (Å²) in [5.74, 6) is 1.71. The number of anilines is 2. The van der Waals surface area contributed by atoms with E-state index in [2.05, 4.69) is 32.3 Å². The molecule has 5 nitrogen and oxygen atoms in total. The third kappa shape index (κ3) is 3.22. The van der Waals surface area contributed by atoms with Gasteiger partial charge >= 0.3 is 0 Å². The van der Waals surface area contributed by atoms with E-state index in [1.807, 2.05) is 32.2 Å². The Balaban J connectivity index is 1.53. The zero-order chi connectivity index (χ0) is 16.7. The van der Waals surface area contributed by atoms with Gasteiger partial charge in [0, 0.05) is 25.3 Å². The van der Waals surface area contributed by atoms with Gasteiger partial charge in [0.2, 0.25) is 5.95 Å². The molecule has 1 aromatic carbocycles. The topological polar surface area (TPSA) is 61.3 Å². The Morgan fingerprint density at radius 2 is 2.04 bits per heavy atom. The molecule has 1 aliphatic heterocycles. The Bertz CT molecular complexity index is 749. The van der Waals surface area contributed by atoms with Gasteiger partial charge in [0.15, 0.2) is 0 Å². The molecule has 0 unspecified atom stereocenters. The quantitative estimate of drug-likeness (QED) is 0.905. The Labute approximate surface area is 142 Å². The lowest BCUT2D eigenvalue weighted by molar-refractivity contribution is 0.0785. The lowest BCUT2D eigenvalue weighted by Gasteiger charge is -2.31. The highest BCUT2D eigenvalue weighted by atomic mass is 16.3. The van der Waals surface area contributed by atoms with Gasteiger partial charge in [-0.25, -0.2) is 4.98 Å². The number of aliphatic hydroxyl groups is 1. The molecule has 24 heavy (non-hydrogen) atoms. The standard InChI is InChI=1S/C19H24N4O/c1-19(2,24)15-4-3-14-12-23(10-8-13(14)11-15)17-7-9-20-18(22-17)21-16-5-6-16/h3-4,7,9,11,16,24H,5-6,8,10,12H2,1-2H3,(H,20,21,22). The molecule has 2 aliphatic rings. The van der Waals surface area contributed by atoms with E-state index in [-0.39, 0.29) is 0 Å². The van der Waals surface area contributed by atoms with E-state index in [4.69, 9.17) is 0 Å². The first-order valence-electron chi connectivity index (χ1n) is 8.68. The first-order chi connectivity index (χ1) is 11.5. The molecule has 1 aromatic heterocycles. The zero-order valence-electron chi connectivity index (χ0n) is 14.3. The van der Waals surface area contributed by atoms with Gasteiger partial charge in [0.1, 0.15) is 5.82 Å². The molecular formula is C19H24N4O. The average molecular weight is 324 g/mol. The predicted molar refractivity (Wildman–Crippen MR) is 95.1 cm³/mol. The lowest BCUT2D eigenvalue weighted by Crippen LogP contribution is -2.31. The molecule has 1 saturated carbocycles. The zero-order valence-corrected chi connectivity index (χ0v) is 14.3. The minimum atomic E-state index is -0.789. The van der Waals surface area contributed by atoms with Crippen molar-refractivity contribution in [3.8, 4) is 0 Å². The summed E-state index contributed by atoms with van der Waals surface area (Å²) in [7, 11) is 0. The van der Waals surface area contributed by atoms with Gasteiger partial charge in [-0.15, -0.1) is 0 Å². The highest BCUT2D eigenvalue weighted by Crippen LogP contribution is 2.29. The molecule has 1 fully saturated rings. The highest BCUT2D eigenvalue weighted by Gasteiger charge is 2.24. The second-order valence-corrected chi connectivity index (χ2v) is 7.37. The Hall–Kier alpha value is -2.14. The summed E-state index contributed by atoms with van der Waals surface area (Å²) in [4.78, 5) is 11.3. The fourth-order valence-electron chi connectivity index (χ4n) is 3.13. The number of aromatic nitrogens is 2. The molecule has 2 N–H and O–H groups in total. The maximum absolute atomic E-state index is 10.2. The van der Waals surface area contributed by atoms with Crippen molar-refractivity contribution in [3.63, 3.8) is 0 Å². The monoisotopic (exact) mass is 324 g/mol. The number of nitrogens with zero attached hydrogens (tertiary/aromatic N) is 3. The summed E-state index contributed by atoms with van der Waals surface area (Å²) < 4.78 is 0. The van der Waals surface area contributed by atoms with Crippen LogP contribution >= 0.6 is 0 Å². The van der Waals surface area contributed by atoms with Crippen LogP contribution in [0.2, 0.25) is 0 Å². The number of fused-ring (bicyclic) bond motifs is 1. The Kier molecular flexibility index (Phi) is 3.68. The van der Waals surface area contributed by atoms with Crippen LogP contribution in [0.4, 0.5) is 11.8 Å². The van der Waals surface area contributed by atoms with Crippen molar-refractivity contribution in [2.24, 2.45) is 0 Å². The third-order valence-corrected chi connectivity index (χ3v) is 4.80. The van der Waals surface area contributed by atoms with Crippen LogP contribution in [0.25, 0.3) is 0 Å². The summed E-state index contributed by atoms with van der Waals surface area (Å²) in [6.45, 7) is 5.45. The summed E-state index contributed by atoms with van der Waals surface area (Å²) >= 11 is 0. The van der Waals surface area contributed by atoms with Crippen molar-refractivity contribution in [2.75, 3.05) is 16.8 Å². The van der Waals surface area contributed by atoms with E-state index in [1.54, 1.807) is 0 Å². The van der Waals surface area contributed by atoms with Crippen LogP contribution in [0.1, 0.15) is 43.4 Å². The van der Waals surface area contributed by atoms with Crippen molar-refractivity contribution in [3.05, 3.63) is 47.2 Å². The molecule has 0 spiro atoms. The molecule has 0 saturated heterocycles. The second kappa shape index (κ2) is 5.74. The van der Waals surface area contributed by atoms with Crippen molar-refractivity contribution in [2.45, 2.75) is 51.3 Å². The summed E-state index contributed by atoms with van der Waals surface area (Å²) in [5.41, 5.74) is 2.83. The van der Waals surface area contributed by atoms with Crippen molar-refractivity contribution < 1.29 is 5.11 Å². The van der Waals surface area contributed by atoms with E-state index in [9.17, 15) is 5.11 Å². The maximum Gasteiger partial charge on any atom is 0.224 e. The Morgan fingerprint density at radius 1 is 1.21 bits per heavy atom. The first-order valence-corrected chi connectivity index (χ1v) is 8.68. The molecule has 0 bridgehead atoms. The lowest BCUT2D eigenvalue weighted by atomic mass is 9.91. The van der Waals surface area contributed by atoms with Gasteiger partial charge in [-0.2, -0.15) is 4.98 Å². The number of hydrogen-bond acceptors (Lipinski definition) is 5. The van der Waals surface area contributed by atoms with Gasteiger partial charge in [-0.1, -0.05) is 18.2 Å². The smallest absolute Gasteiger partial charge is 0.224 e. The number of hydrogen-bond donors (Lipinski definition) is 2. The van der Waals surface area contributed by atoms with Crippen LogP contribution in [-0.2, 0) is 18.6 Å². The van der Waals surface area contributed by atoms with Crippen LogP contribution in [0.3, 0.4) is 0 Å². The number of benzene rings is 1. The molecule has 0 atom stereocenters. The summed E-state index contributed by atoms with van der Waals surface area (Å²) in [6.07, 6.45) is 5.23. The van der Waals surface area contributed by atoms with Crippen molar-refractivity contribution in [1.29, 1.82) is 0 Å². The van der Waals surface area contributed by atoms with E-state index in [0.29, 0.717) is 6.04 Å². The van der Waals surface area contributed by atoms with E-state index < -0.39 is 5.60 Å².